The van der Waals surface area contributed by atoms with Gasteiger partial charge in [-0.15, -0.1) is 15.3 Å². The maximum Gasteiger partial charge on any atom is 0.453 e. The van der Waals surface area contributed by atoms with Gasteiger partial charge in [-0.1, -0.05) is 0 Å². The Morgan fingerprint density at radius 3 is 2.60 bits per heavy atom. The summed E-state index contributed by atoms with van der Waals surface area (Å²) in [5.74, 6) is -0.00970. The molecule has 2 aromatic rings. The van der Waals surface area contributed by atoms with Crippen LogP contribution in [0.4, 0.5) is 19.0 Å². The fourth-order valence-electron chi connectivity index (χ4n) is 2.25. The molecule has 0 N–H and O–H groups in total. The van der Waals surface area contributed by atoms with Gasteiger partial charge in [0.25, 0.3) is 5.82 Å². The van der Waals surface area contributed by atoms with Crippen molar-refractivity contribution in [2.75, 3.05) is 11.9 Å². The summed E-state index contributed by atoms with van der Waals surface area (Å²) in [4.78, 5) is 1.90. The van der Waals surface area contributed by atoms with E-state index in [0.29, 0.717) is 11.7 Å². The zero-order valence-corrected chi connectivity index (χ0v) is 11.1. The largest absolute Gasteiger partial charge is 0.453 e. The lowest BCUT2D eigenvalue weighted by Crippen LogP contribution is -2.31. The fraction of sp³-hybridized carbons (Fsp3) is 0.583. The van der Waals surface area contributed by atoms with Crippen molar-refractivity contribution < 1.29 is 13.2 Å². The van der Waals surface area contributed by atoms with Gasteiger partial charge < -0.3 is 4.90 Å². The first-order chi connectivity index (χ1) is 9.38. The van der Waals surface area contributed by atoms with Crippen LogP contribution in [0.25, 0.3) is 5.65 Å². The van der Waals surface area contributed by atoms with Crippen LogP contribution in [0.2, 0.25) is 0 Å². The van der Waals surface area contributed by atoms with E-state index in [1.54, 1.807) is 6.07 Å². The summed E-state index contributed by atoms with van der Waals surface area (Å²) in [7, 11) is 1.84. The van der Waals surface area contributed by atoms with E-state index >= 15 is 0 Å². The number of nitrogens with zero attached hydrogens (tertiary/aromatic N) is 5. The average Bonchev–Trinajstić information content (AvgIpc) is 3.14. The van der Waals surface area contributed by atoms with E-state index in [4.69, 9.17) is 0 Å². The summed E-state index contributed by atoms with van der Waals surface area (Å²) in [6, 6.07) is 3.43. The summed E-state index contributed by atoms with van der Waals surface area (Å²) in [5.41, 5.74) is 0.0913. The molecule has 0 amide bonds. The van der Waals surface area contributed by atoms with Crippen LogP contribution in [0.1, 0.15) is 25.6 Å². The van der Waals surface area contributed by atoms with E-state index in [-0.39, 0.29) is 11.7 Å². The summed E-state index contributed by atoms with van der Waals surface area (Å²) < 4.78 is 39.2. The quantitative estimate of drug-likeness (QED) is 0.868. The lowest BCUT2D eigenvalue weighted by Gasteiger charge is -2.25. The van der Waals surface area contributed by atoms with Crippen LogP contribution in [-0.4, -0.2) is 32.9 Å². The van der Waals surface area contributed by atoms with Crippen molar-refractivity contribution >= 4 is 11.5 Å². The van der Waals surface area contributed by atoms with E-state index in [9.17, 15) is 13.2 Å². The molecular weight excluding hydrogens is 271 g/mol. The Hall–Kier alpha value is -1.86. The van der Waals surface area contributed by atoms with E-state index in [0.717, 1.165) is 17.4 Å². The van der Waals surface area contributed by atoms with Gasteiger partial charge in [-0.3, -0.25) is 0 Å². The minimum absolute atomic E-state index is 0.0913. The van der Waals surface area contributed by atoms with Gasteiger partial charge in [0.2, 0.25) is 0 Å². The number of anilines is 1. The standard InChI is InChI=1S/C12H14F3N5/c1-7(8-3-4-8)19(2)10-6-5-9-16-17-11(12(13,14)15)20(9)18-10/h5-8H,3-4H2,1-2H3/t7-/m1/s1. The minimum atomic E-state index is -4.56. The number of hydrogen-bond donors (Lipinski definition) is 0. The Kier molecular flexibility index (Phi) is 2.84. The Balaban J connectivity index is 2.00. The van der Waals surface area contributed by atoms with Gasteiger partial charge in [-0.2, -0.15) is 17.7 Å². The first-order valence-electron chi connectivity index (χ1n) is 6.40. The van der Waals surface area contributed by atoms with Crippen molar-refractivity contribution in [3.8, 4) is 0 Å². The molecule has 5 nitrogen and oxygen atoms in total. The van der Waals surface area contributed by atoms with Crippen LogP contribution >= 0.6 is 0 Å². The monoisotopic (exact) mass is 285 g/mol. The van der Waals surface area contributed by atoms with Crippen LogP contribution in [0.15, 0.2) is 12.1 Å². The molecule has 0 spiro atoms. The topological polar surface area (TPSA) is 46.3 Å². The molecule has 3 rings (SSSR count). The van der Waals surface area contributed by atoms with Gasteiger partial charge >= 0.3 is 6.18 Å². The van der Waals surface area contributed by atoms with Gasteiger partial charge in [0.1, 0.15) is 5.82 Å². The van der Waals surface area contributed by atoms with Crippen molar-refractivity contribution in [1.82, 2.24) is 19.8 Å². The Morgan fingerprint density at radius 1 is 1.30 bits per heavy atom. The van der Waals surface area contributed by atoms with E-state index in [1.165, 1.54) is 6.07 Å². The molecule has 0 radical (unpaired) electrons. The Labute approximate surface area is 113 Å². The van der Waals surface area contributed by atoms with Crippen molar-refractivity contribution in [3.63, 3.8) is 0 Å². The zero-order valence-electron chi connectivity index (χ0n) is 11.1. The Morgan fingerprint density at radius 2 is 2.00 bits per heavy atom. The molecule has 0 aliphatic heterocycles. The summed E-state index contributed by atoms with van der Waals surface area (Å²) in [5, 5.41) is 10.7. The van der Waals surface area contributed by atoms with E-state index in [1.807, 2.05) is 11.9 Å². The third-order valence-electron chi connectivity index (χ3n) is 3.78. The second kappa shape index (κ2) is 4.32. The van der Waals surface area contributed by atoms with Gasteiger partial charge in [-0.25, -0.2) is 0 Å². The number of hydrogen-bond acceptors (Lipinski definition) is 4. The second-order valence-electron chi connectivity index (χ2n) is 5.17. The third-order valence-corrected chi connectivity index (χ3v) is 3.78. The molecule has 2 aromatic heterocycles. The first kappa shape index (κ1) is 13.1. The third kappa shape index (κ3) is 2.19. The first-order valence-corrected chi connectivity index (χ1v) is 6.40. The molecule has 0 aromatic carbocycles. The van der Waals surface area contributed by atoms with Gasteiger partial charge in [0.15, 0.2) is 5.65 Å². The number of aromatic nitrogens is 4. The maximum atomic E-state index is 12.8. The lowest BCUT2D eigenvalue weighted by molar-refractivity contribution is -0.146. The Bertz CT molecular complexity index is 632. The molecule has 0 saturated heterocycles. The molecule has 1 saturated carbocycles. The van der Waals surface area contributed by atoms with Crippen LogP contribution in [0.5, 0.6) is 0 Å². The van der Waals surface area contributed by atoms with E-state index in [2.05, 4.69) is 22.2 Å². The summed E-state index contributed by atoms with van der Waals surface area (Å²) in [6.45, 7) is 2.06. The van der Waals surface area contributed by atoms with E-state index < -0.39 is 12.0 Å². The number of halogens is 3. The van der Waals surface area contributed by atoms with Crippen LogP contribution in [-0.2, 0) is 6.18 Å². The highest BCUT2D eigenvalue weighted by Gasteiger charge is 2.38. The van der Waals surface area contributed by atoms with Gasteiger partial charge in [-0.05, 0) is 37.8 Å². The van der Waals surface area contributed by atoms with Crippen molar-refractivity contribution in [2.45, 2.75) is 32.0 Å². The molecule has 2 heterocycles. The SMILES string of the molecule is C[C@H](C1CC1)N(C)c1ccc2nnc(C(F)(F)F)n2n1. The highest BCUT2D eigenvalue weighted by Crippen LogP contribution is 2.36. The van der Waals surface area contributed by atoms with Crippen molar-refractivity contribution in [1.29, 1.82) is 0 Å². The molecule has 1 aliphatic carbocycles. The molecule has 108 valence electrons. The zero-order chi connectivity index (χ0) is 14.5. The molecule has 0 bridgehead atoms. The molecule has 0 unspecified atom stereocenters. The lowest BCUT2D eigenvalue weighted by atomic mass is 10.2. The van der Waals surface area contributed by atoms with Crippen LogP contribution in [0, 0.1) is 5.92 Å². The number of rotatable bonds is 3. The molecule has 1 atom stereocenters. The predicted octanol–water partition coefficient (Wildman–Crippen LogP) is 2.38. The summed E-state index contributed by atoms with van der Waals surface area (Å²) >= 11 is 0. The van der Waals surface area contributed by atoms with Crippen LogP contribution < -0.4 is 4.90 Å². The molecule has 8 heteroatoms. The summed E-state index contributed by atoms with van der Waals surface area (Å²) in [6.07, 6.45) is -2.24. The molecule has 20 heavy (non-hydrogen) atoms. The number of alkyl halides is 3. The highest BCUT2D eigenvalue weighted by molar-refractivity contribution is 5.46. The van der Waals surface area contributed by atoms with Gasteiger partial charge in [0.05, 0.1) is 0 Å². The molecule has 1 aliphatic rings. The highest BCUT2D eigenvalue weighted by atomic mass is 19.4. The number of fused-ring (bicyclic) bond motifs is 1. The molecular formula is C12H14F3N5. The van der Waals surface area contributed by atoms with Crippen molar-refractivity contribution in [2.24, 2.45) is 5.92 Å². The fourth-order valence-corrected chi connectivity index (χ4v) is 2.25. The maximum absolute atomic E-state index is 12.8. The normalized spacial score (nSPS) is 17.4. The smallest absolute Gasteiger partial charge is 0.355 e. The van der Waals surface area contributed by atoms with Crippen molar-refractivity contribution in [3.05, 3.63) is 18.0 Å². The predicted molar refractivity (Wildman–Crippen MR) is 66.4 cm³/mol. The minimum Gasteiger partial charge on any atom is -0.355 e. The van der Waals surface area contributed by atoms with Crippen LogP contribution in [0.3, 0.4) is 0 Å². The molecule has 1 fully saturated rings. The van der Waals surface area contributed by atoms with Gasteiger partial charge in [0, 0.05) is 13.1 Å². The second-order valence-corrected chi connectivity index (χ2v) is 5.17. The average molecular weight is 285 g/mol.